The summed E-state index contributed by atoms with van der Waals surface area (Å²) in [6, 6.07) is 19.3. The first-order valence-electron chi connectivity index (χ1n) is 10.6. The van der Waals surface area contributed by atoms with Gasteiger partial charge in [-0.25, -0.2) is 9.36 Å². The Bertz CT molecular complexity index is 1470. The molecule has 0 aliphatic heterocycles. The van der Waals surface area contributed by atoms with E-state index in [1.54, 1.807) is 54.6 Å². The van der Waals surface area contributed by atoms with Crippen LogP contribution in [0, 0.1) is 0 Å². The number of carbonyl (C=O) groups is 2. The van der Waals surface area contributed by atoms with Gasteiger partial charge in [-0.3, -0.25) is 25.2 Å². The maximum atomic E-state index is 12.9. The van der Waals surface area contributed by atoms with Crippen molar-refractivity contribution in [2.75, 3.05) is 0 Å². The molecule has 0 aliphatic rings. The van der Waals surface area contributed by atoms with Crippen molar-refractivity contribution in [1.29, 1.82) is 0 Å². The standard InChI is InChI=1S/C25H22N4O5/c1-15(2)34-19-11-8-16(9-12-19)22(30)27-28-23(31)17-10-13-20-21(14-17)26-25(33)29(24(20)32)18-6-4-3-5-7-18/h3-15H,1-2H3,(H,26,33)(H,27,30)(H,28,31). The first-order valence-corrected chi connectivity index (χ1v) is 10.6. The van der Waals surface area contributed by atoms with E-state index in [2.05, 4.69) is 15.8 Å². The number of carbonyl (C=O) groups excluding carboxylic acids is 2. The number of aromatic nitrogens is 2. The number of nitrogens with one attached hydrogen (secondary N) is 3. The molecule has 0 unspecified atom stereocenters. The van der Waals surface area contributed by atoms with Crippen molar-refractivity contribution in [2.45, 2.75) is 20.0 Å². The van der Waals surface area contributed by atoms with Crippen molar-refractivity contribution < 1.29 is 14.3 Å². The van der Waals surface area contributed by atoms with Crippen LogP contribution in [0.1, 0.15) is 34.6 Å². The minimum Gasteiger partial charge on any atom is -0.491 e. The number of para-hydroxylation sites is 1. The molecule has 1 heterocycles. The SMILES string of the molecule is CC(C)Oc1ccc(C(=O)NNC(=O)c2ccc3c(=O)n(-c4ccccc4)c(=O)[nH]c3c2)cc1. The maximum Gasteiger partial charge on any atom is 0.333 e. The molecule has 4 aromatic rings. The molecule has 172 valence electrons. The fourth-order valence-electron chi connectivity index (χ4n) is 3.39. The summed E-state index contributed by atoms with van der Waals surface area (Å²) < 4.78 is 6.57. The van der Waals surface area contributed by atoms with Crippen molar-refractivity contribution in [2.24, 2.45) is 0 Å². The predicted molar refractivity (Wildman–Crippen MR) is 127 cm³/mol. The summed E-state index contributed by atoms with van der Waals surface area (Å²) in [5.41, 5.74) is 4.67. The molecule has 0 atom stereocenters. The monoisotopic (exact) mass is 458 g/mol. The molecule has 9 nitrogen and oxygen atoms in total. The summed E-state index contributed by atoms with van der Waals surface area (Å²) >= 11 is 0. The third-order valence-electron chi connectivity index (χ3n) is 4.95. The van der Waals surface area contributed by atoms with Crippen LogP contribution in [0.25, 0.3) is 16.6 Å². The van der Waals surface area contributed by atoms with E-state index in [9.17, 15) is 19.2 Å². The average molecular weight is 458 g/mol. The highest BCUT2D eigenvalue weighted by Gasteiger charge is 2.14. The first-order chi connectivity index (χ1) is 16.3. The minimum absolute atomic E-state index is 0.0112. The lowest BCUT2D eigenvalue weighted by molar-refractivity contribution is 0.0846. The Hall–Kier alpha value is -4.66. The highest BCUT2D eigenvalue weighted by Crippen LogP contribution is 2.14. The molecule has 0 fully saturated rings. The van der Waals surface area contributed by atoms with Crippen molar-refractivity contribution in [3.05, 3.63) is 105 Å². The number of aromatic amines is 1. The number of fused-ring (bicyclic) bond motifs is 1. The van der Waals surface area contributed by atoms with E-state index in [1.807, 2.05) is 13.8 Å². The Kier molecular flexibility index (Phi) is 6.26. The summed E-state index contributed by atoms with van der Waals surface area (Å²) in [6.07, 6.45) is 0.0112. The lowest BCUT2D eigenvalue weighted by atomic mass is 10.1. The van der Waals surface area contributed by atoms with Crippen molar-refractivity contribution in [3.63, 3.8) is 0 Å². The van der Waals surface area contributed by atoms with Gasteiger partial charge in [0.05, 0.1) is 22.7 Å². The van der Waals surface area contributed by atoms with Gasteiger partial charge in [0.1, 0.15) is 5.75 Å². The second kappa shape index (κ2) is 9.45. The van der Waals surface area contributed by atoms with E-state index in [0.717, 1.165) is 4.57 Å². The molecule has 4 rings (SSSR count). The van der Waals surface area contributed by atoms with Gasteiger partial charge in [-0.1, -0.05) is 18.2 Å². The van der Waals surface area contributed by atoms with Crippen molar-refractivity contribution >= 4 is 22.7 Å². The Balaban J connectivity index is 1.50. The fourth-order valence-corrected chi connectivity index (χ4v) is 3.39. The quantitative estimate of drug-likeness (QED) is 0.397. The molecule has 0 spiro atoms. The van der Waals surface area contributed by atoms with E-state index < -0.39 is 23.1 Å². The average Bonchev–Trinajstić information content (AvgIpc) is 2.82. The summed E-state index contributed by atoms with van der Waals surface area (Å²) in [6.45, 7) is 3.80. The molecule has 0 radical (unpaired) electrons. The third kappa shape index (κ3) is 4.73. The van der Waals surface area contributed by atoms with Gasteiger partial charge in [-0.05, 0) is 68.4 Å². The van der Waals surface area contributed by atoms with E-state index in [-0.39, 0.29) is 22.6 Å². The van der Waals surface area contributed by atoms with E-state index in [0.29, 0.717) is 17.0 Å². The van der Waals surface area contributed by atoms with Gasteiger partial charge in [0, 0.05) is 11.1 Å². The number of H-pyrrole nitrogens is 1. The van der Waals surface area contributed by atoms with Crippen LogP contribution in [0.15, 0.2) is 82.4 Å². The van der Waals surface area contributed by atoms with Gasteiger partial charge in [-0.2, -0.15) is 0 Å². The smallest absolute Gasteiger partial charge is 0.333 e. The second-order valence-electron chi connectivity index (χ2n) is 7.77. The Morgan fingerprint density at radius 1 is 0.853 bits per heavy atom. The summed E-state index contributed by atoms with van der Waals surface area (Å²) in [5.74, 6) is -0.487. The summed E-state index contributed by atoms with van der Waals surface area (Å²) in [5, 5.41) is 0.243. The van der Waals surface area contributed by atoms with E-state index in [1.165, 1.54) is 18.2 Å². The molecule has 2 amide bonds. The molecule has 1 aromatic heterocycles. The Labute approximate surface area is 194 Å². The molecule has 34 heavy (non-hydrogen) atoms. The van der Waals surface area contributed by atoms with Crippen LogP contribution in [0.2, 0.25) is 0 Å². The van der Waals surface area contributed by atoms with E-state index in [4.69, 9.17) is 4.74 Å². The van der Waals surface area contributed by atoms with Gasteiger partial charge >= 0.3 is 5.69 Å². The van der Waals surface area contributed by atoms with Gasteiger partial charge in [-0.15, -0.1) is 0 Å². The van der Waals surface area contributed by atoms with Crippen molar-refractivity contribution in [3.8, 4) is 11.4 Å². The highest BCUT2D eigenvalue weighted by atomic mass is 16.5. The van der Waals surface area contributed by atoms with Gasteiger partial charge in [0.15, 0.2) is 0 Å². The van der Waals surface area contributed by atoms with Gasteiger partial charge in [0.25, 0.3) is 17.4 Å². The number of rotatable bonds is 5. The summed E-state index contributed by atoms with van der Waals surface area (Å²) in [4.78, 5) is 52.9. The third-order valence-corrected chi connectivity index (χ3v) is 4.95. The number of hydrazine groups is 1. The van der Waals surface area contributed by atoms with Crippen LogP contribution in [0.5, 0.6) is 5.75 Å². The van der Waals surface area contributed by atoms with Crippen LogP contribution in [0.3, 0.4) is 0 Å². The van der Waals surface area contributed by atoms with Crippen LogP contribution < -0.4 is 26.8 Å². The zero-order valence-electron chi connectivity index (χ0n) is 18.5. The number of amides is 2. The highest BCUT2D eigenvalue weighted by molar-refractivity contribution is 6.00. The molecular formula is C25H22N4O5. The van der Waals surface area contributed by atoms with Crippen molar-refractivity contribution in [1.82, 2.24) is 20.4 Å². The zero-order valence-corrected chi connectivity index (χ0v) is 18.5. The molecule has 9 heteroatoms. The second-order valence-corrected chi connectivity index (χ2v) is 7.77. The van der Waals surface area contributed by atoms with E-state index >= 15 is 0 Å². The zero-order chi connectivity index (χ0) is 24.2. The number of hydrogen-bond acceptors (Lipinski definition) is 5. The first kappa shape index (κ1) is 22.5. The minimum atomic E-state index is -0.626. The lowest BCUT2D eigenvalue weighted by Crippen LogP contribution is -2.41. The van der Waals surface area contributed by atoms with Crippen LogP contribution in [-0.4, -0.2) is 27.5 Å². The van der Waals surface area contributed by atoms with Crippen LogP contribution in [0.4, 0.5) is 0 Å². The molecule has 3 aromatic carbocycles. The van der Waals surface area contributed by atoms with Gasteiger partial charge in [0.2, 0.25) is 0 Å². The number of nitrogens with zero attached hydrogens (tertiary/aromatic N) is 1. The predicted octanol–water partition coefficient (Wildman–Crippen LogP) is 2.54. The van der Waals surface area contributed by atoms with Gasteiger partial charge < -0.3 is 9.72 Å². The molecular weight excluding hydrogens is 436 g/mol. The van der Waals surface area contributed by atoms with Crippen LogP contribution >= 0.6 is 0 Å². The number of ether oxygens (including phenoxy) is 1. The topological polar surface area (TPSA) is 122 Å². The molecule has 0 aliphatic carbocycles. The maximum absolute atomic E-state index is 12.9. The lowest BCUT2D eigenvalue weighted by Gasteiger charge is -2.11. The molecule has 0 saturated carbocycles. The Morgan fingerprint density at radius 3 is 2.12 bits per heavy atom. The number of hydrogen-bond donors (Lipinski definition) is 3. The molecule has 0 bridgehead atoms. The molecule has 0 saturated heterocycles. The Morgan fingerprint density at radius 2 is 1.47 bits per heavy atom. The largest absolute Gasteiger partial charge is 0.491 e. The molecule has 3 N–H and O–H groups in total. The fraction of sp³-hybridized carbons (Fsp3) is 0.120. The number of benzene rings is 3. The van der Waals surface area contributed by atoms with Crippen LogP contribution in [-0.2, 0) is 0 Å². The summed E-state index contributed by atoms with van der Waals surface area (Å²) in [7, 11) is 0. The normalized spacial score (nSPS) is 10.8.